The van der Waals surface area contributed by atoms with Crippen molar-refractivity contribution >= 4 is 11.6 Å². The number of nitrogens with zero attached hydrogens (tertiary/aromatic N) is 1. The quantitative estimate of drug-likeness (QED) is 0.813. The Kier molecular flexibility index (Phi) is 5.43. The van der Waals surface area contributed by atoms with Crippen LogP contribution in [0.25, 0.3) is 0 Å². The fourth-order valence-corrected chi connectivity index (χ4v) is 3.46. The fraction of sp³-hybridized carbons (Fsp3) is 0.450. The van der Waals surface area contributed by atoms with E-state index < -0.39 is 0 Å². The minimum absolute atomic E-state index is 0.148. The van der Waals surface area contributed by atoms with Crippen molar-refractivity contribution in [2.45, 2.75) is 45.8 Å². The summed E-state index contributed by atoms with van der Waals surface area (Å²) in [6.45, 7) is 8.47. The Bertz CT molecular complexity index is 725. The molecule has 5 heteroatoms. The van der Waals surface area contributed by atoms with Gasteiger partial charge in [-0.05, 0) is 44.5 Å². The van der Waals surface area contributed by atoms with Gasteiger partial charge in [0.05, 0.1) is 6.26 Å². The van der Waals surface area contributed by atoms with Gasteiger partial charge in [-0.15, -0.1) is 0 Å². The highest BCUT2D eigenvalue weighted by Crippen LogP contribution is 2.33. The first kappa shape index (κ1) is 17.5. The van der Waals surface area contributed by atoms with Gasteiger partial charge < -0.3 is 20.0 Å². The van der Waals surface area contributed by atoms with E-state index in [1.165, 1.54) is 11.3 Å². The first-order valence-electron chi connectivity index (χ1n) is 9.02. The minimum atomic E-state index is -0.148. The van der Waals surface area contributed by atoms with Crippen LogP contribution in [0.1, 0.15) is 42.5 Å². The van der Waals surface area contributed by atoms with E-state index in [0.717, 1.165) is 18.5 Å². The first-order chi connectivity index (χ1) is 12.1. The lowest BCUT2D eigenvalue weighted by Gasteiger charge is -2.24. The number of carbonyl (C=O) groups is 1. The Morgan fingerprint density at radius 3 is 2.96 bits per heavy atom. The number of para-hydroxylation sites is 1. The molecule has 0 bridgehead atoms. The molecule has 0 radical (unpaired) electrons. The number of nitrogens with one attached hydrogen (secondary N) is 2. The van der Waals surface area contributed by atoms with Crippen molar-refractivity contribution in [1.82, 2.24) is 10.6 Å². The highest BCUT2D eigenvalue weighted by atomic mass is 16.3. The van der Waals surface area contributed by atoms with Gasteiger partial charge in [0, 0.05) is 36.4 Å². The van der Waals surface area contributed by atoms with Crippen LogP contribution in [0.4, 0.5) is 5.69 Å². The molecule has 2 aromatic rings. The zero-order valence-electron chi connectivity index (χ0n) is 15.2. The zero-order valence-corrected chi connectivity index (χ0v) is 15.2. The summed E-state index contributed by atoms with van der Waals surface area (Å²) < 4.78 is 5.49. The lowest BCUT2D eigenvalue weighted by atomic mass is 10.1. The molecule has 1 aliphatic heterocycles. The van der Waals surface area contributed by atoms with E-state index in [0.29, 0.717) is 24.9 Å². The predicted molar refractivity (Wildman–Crippen MR) is 100.0 cm³/mol. The number of anilines is 1. The van der Waals surface area contributed by atoms with Gasteiger partial charge in [-0.2, -0.15) is 0 Å². The van der Waals surface area contributed by atoms with Gasteiger partial charge in [-0.1, -0.05) is 25.1 Å². The van der Waals surface area contributed by atoms with E-state index in [4.69, 9.17) is 4.42 Å². The number of hydrogen-bond donors (Lipinski definition) is 2. The lowest BCUT2D eigenvalue weighted by molar-refractivity contribution is 0.0921. The van der Waals surface area contributed by atoms with Crippen molar-refractivity contribution in [3.8, 4) is 0 Å². The summed E-state index contributed by atoms with van der Waals surface area (Å²) in [5, 5.41) is 6.23. The number of fused-ring (bicyclic) bond motifs is 1. The van der Waals surface area contributed by atoms with Crippen LogP contribution in [0.3, 0.4) is 0 Å². The molecule has 0 saturated carbocycles. The van der Waals surface area contributed by atoms with E-state index in [9.17, 15) is 4.79 Å². The molecule has 1 aromatic heterocycles. The van der Waals surface area contributed by atoms with Gasteiger partial charge in [-0.25, -0.2) is 0 Å². The SMILES string of the molecule is CCN[C@H](C)CNC(=O)c1occc1CN1c2ccccc2CC1C. The maximum absolute atomic E-state index is 12.5. The molecular formula is C20H27N3O2. The summed E-state index contributed by atoms with van der Waals surface area (Å²) in [7, 11) is 0. The van der Waals surface area contributed by atoms with Gasteiger partial charge >= 0.3 is 0 Å². The van der Waals surface area contributed by atoms with Crippen LogP contribution in [0.15, 0.2) is 41.0 Å². The third kappa shape index (κ3) is 3.87. The zero-order chi connectivity index (χ0) is 17.8. The molecule has 2 atom stereocenters. The van der Waals surface area contributed by atoms with Crippen molar-refractivity contribution in [1.29, 1.82) is 0 Å². The Hall–Kier alpha value is -2.27. The first-order valence-corrected chi connectivity index (χ1v) is 9.02. The molecular weight excluding hydrogens is 314 g/mol. The molecule has 3 rings (SSSR count). The van der Waals surface area contributed by atoms with Gasteiger partial charge in [0.2, 0.25) is 0 Å². The second kappa shape index (κ2) is 7.74. The summed E-state index contributed by atoms with van der Waals surface area (Å²) >= 11 is 0. The number of likely N-dealkylation sites (N-methyl/N-ethyl adjacent to an activating group) is 1. The highest BCUT2D eigenvalue weighted by molar-refractivity contribution is 5.93. The molecule has 0 saturated heterocycles. The van der Waals surface area contributed by atoms with Gasteiger partial charge in [0.1, 0.15) is 0 Å². The van der Waals surface area contributed by atoms with Crippen LogP contribution in [0, 0.1) is 0 Å². The van der Waals surface area contributed by atoms with Crippen LogP contribution in [0.5, 0.6) is 0 Å². The Balaban J connectivity index is 1.69. The maximum atomic E-state index is 12.5. The third-order valence-corrected chi connectivity index (χ3v) is 4.76. The smallest absolute Gasteiger partial charge is 0.287 e. The van der Waals surface area contributed by atoms with Crippen molar-refractivity contribution in [2.75, 3.05) is 18.0 Å². The lowest BCUT2D eigenvalue weighted by Crippen LogP contribution is -2.39. The molecule has 0 fully saturated rings. The van der Waals surface area contributed by atoms with Gasteiger partial charge in [0.25, 0.3) is 5.91 Å². The summed E-state index contributed by atoms with van der Waals surface area (Å²) in [5.41, 5.74) is 3.55. The molecule has 25 heavy (non-hydrogen) atoms. The monoisotopic (exact) mass is 341 g/mol. The number of carbonyl (C=O) groups excluding carboxylic acids is 1. The molecule has 2 N–H and O–H groups in total. The van der Waals surface area contributed by atoms with E-state index >= 15 is 0 Å². The van der Waals surface area contributed by atoms with Crippen molar-refractivity contribution in [2.24, 2.45) is 0 Å². The molecule has 1 aliphatic rings. The third-order valence-electron chi connectivity index (χ3n) is 4.76. The normalized spacial score (nSPS) is 17.4. The Morgan fingerprint density at radius 2 is 2.16 bits per heavy atom. The second-order valence-corrected chi connectivity index (χ2v) is 6.75. The molecule has 1 aromatic carbocycles. The maximum Gasteiger partial charge on any atom is 0.287 e. The summed E-state index contributed by atoms with van der Waals surface area (Å²) in [6.07, 6.45) is 2.64. The molecule has 0 aliphatic carbocycles. The number of amides is 1. The second-order valence-electron chi connectivity index (χ2n) is 6.75. The number of furan rings is 1. The fourth-order valence-electron chi connectivity index (χ4n) is 3.46. The molecule has 2 heterocycles. The van der Waals surface area contributed by atoms with E-state index in [1.54, 1.807) is 6.26 Å². The van der Waals surface area contributed by atoms with E-state index in [-0.39, 0.29) is 11.9 Å². The number of hydrogen-bond acceptors (Lipinski definition) is 4. The predicted octanol–water partition coefficient (Wildman–Crippen LogP) is 2.96. The highest BCUT2D eigenvalue weighted by Gasteiger charge is 2.27. The Morgan fingerprint density at radius 1 is 1.36 bits per heavy atom. The van der Waals surface area contributed by atoms with E-state index in [1.807, 2.05) is 6.07 Å². The van der Waals surface area contributed by atoms with Crippen molar-refractivity contribution in [3.05, 3.63) is 53.5 Å². The number of benzene rings is 1. The summed E-state index contributed by atoms with van der Waals surface area (Å²) in [6, 6.07) is 11.0. The average Bonchev–Trinajstić information content (AvgIpc) is 3.18. The largest absolute Gasteiger partial charge is 0.459 e. The average molecular weight is 341 g/mol. The molecule has 1 amide bonds. The van der Waals surface area contributed by atoms with Crippen LogP contribution < -0.4 is 15.5 Å². The van der Waals surface area contributed by atoms with Gasteiger partial charge in [0.15, 0.2) is 5.76 Å². The van der Waals surface area contributed by atoms with E-state index in [2.05, 4.69) is 60.6 Å². The van der Waals surface area contributed by atoms with Crippen LogP contribution in [0.2, 0.25) is 0 Å². The minimum Gasteiger partial charge on any atom is -0.459 e. The molecule has 5 nitrogen and oxygen atoms in total. The van der Waals surface area contributed by atoms with Crippen molar-refractivity contribution < 1.29 is 9.21 Å². The van der Waals surface area contributed by atoms with Crippen LogP contribution in [-0.4, -0.2) is 31.1 Å². The van der Waals surface area contributed by atoms with Gasteiger partial charge in [-0.3, -0.25) is 4.79 Å². The Labute approximate surface area is 149 Å². The molecule has 134 valence electrons. The topological polar surface area (TPSA) is 57.5 Å². The summed E-state index contributed by atoms with van der Waals surface area (Å²) in [4.78, 5) is 14.8. The number of rotatable bonds is 7. The molecule has 0 spiro atoms. The van der Waals surface area contributed by atoms with Crippen LogP contribution >= 0.6 is 0 Å². The standard InChI is InChI=1S/C20H27N3O2/c1-4-21-14(2)12-22-20(24)19-17(9-10-25-19)13-23-15(3)11-16-7-5-6-8-18(16)23/h5-10,14-15,21H,4,11-13H2,1-3H3,(H,22,24)/t14-,15?/m1/s1. The molecule has 1 unspecified atom stereocenters. The summed E-state index contributed by atoms with van der Waals surface area (Å²) in [5.74, 6) is 0.269. The van der Waals surface area contributed by atoms with Crippen LogP contribution in [-0.2, 0) is 13.0 Å². The van der Waals surface area contributed by atoms with Crippen molar-refractivity contribution in [3.63, 3.8) is 0 Å².